The minimum Gasteiger partial charge on any atom is -0.340 e. The molecule has 122 valence electrons. The number of amides is 2. The zero-order valence-electron chi connectivity index (χ0n) is 13.3. The first-order valence-corrected chi connectivity index (χ1v) is 8.60. The predicted octanol–water partition coefficient (Wildman–Crippen LogP) is 1.67. The Bertz CT molecular complexity index is 618. The molecule has 2 fully saturated rings. The van der Waals surface area contributed by atoms with E-state index in [-0.39, 0.29) is 24.2 Å². The Morgan fingerprint density at radius 1 is 1.13 bits per heavy atom. The molecule has 1 saturated heterocycles. The third kappa shape index (κ3) is 3.11. The number of rotatable bonds is 3. The molecule has 4 rings (SSSR count). The van der Waals surface area contributed by atoms with E-state index in [4.69, 9.17) is 0 Å². The molecule has 1 N–H and O–H groups in total. The SMILES string of the molecule is O=C1C[C@@H](C(=O)N2CCN(CC3CC3)CC2)c2ccccc2N1. The molecule has 0 bridgehead atoms. The predicted molar refractivity (Wildman–Crippen MR) is 88.2 cm³/mol. The standard InChI is InChI=1S/C18H23N3O2/c22-17-11-15(14-3-1-2-4-16(14)19-17)18(23)21-9-7-20(8-10-21)12-13-5-6-13/h1-4,13,15H,5-12H2,(H,19,22)/t15-/m1/s1. The monoisotopic (exact) mass is 313 g/mol. The van der Waals surface area contributed by atoms with Crippen molar-refractivity contribution in [2.75, 3.05) is 38.0 Å². The van der Waals surface area contributed by atoms with E-state index in [0.717, 1.165) is 43.3 Å². The minimum absolute atomic E-state index is 0.0607. The molecule has 3 aliphatic rings. The number of carbonyl (C=O) groups is 2. The summed E-state index contributed by atoms with van der Waals surface area (Å²) < 4.78 is 0. The second-order valence-corrected chi connectivity index (χ2v) is 6.96. The molecule has 2 heterocycles. The van der Waals surface area contributed by atoms with Crippen molar-refractivity contribution in [2.45, 2.75) is 25.2 Å². The van der Waals surface area contributed by atoms with Gasteiger partial charge in [-0.15, -0.1) is 0 Å². The lowest BCUT2D eigenvalue weighted by atomic mass is 9.89. The number of nitrogens with one attached hydrogen (secondary N) is 1. The highest BCUT2D eigenvalue weighted by molar-refractivity contribution is 6.01. The van der Waals surface area contributed by atoms with Gasteiger partial charge in [0.05, 0.1) is 5.92 Å². The molecule has 0 radical (unpaired) electrons. The number of benzene rings is 1. The molecule has 2 aliphatic heterocycles. The van der Waals surface area contributed by atoms with Gasteiger partial charge in [-0.05, 0) is 30.4 Å². The summed E-state index contributed by atoms with van der Waals surface area (Å²) in [5.74, 6) is 0.619. The molecule has 0 unspecified atom stereocenters. The van der Waals surface area contributed by atoms with Gasteiger partial charge in [-0.3, -0.25) is 14.5 Å². The summed E-state index contributed by atoms with van der Waals surface area (Å²) in [6, 6.07) is 7.66. The molecule has 23 heavy (non-hydrogen) atoms. The molecule has 1 aliphatic carbocycles. The van der Waals surface area contributed by atoms with Gasteiger partial charge in [0.15, 0.2) is 0 Å². The van der Waals surface area contributed by atoms with Crippen LogP contribution in [0.4, 0.5) is 5.69 Å². The average molecular weight is 313 g/mol. The van der Waals surface area contributed by atoms with Crippen LogP contribution in [0.5, 0.6) is 0 Å². The summed E-state index contributed by atoms with van der Waals surface area (Å²) in [4.78, 5) is 29.3. The van der Waals surface area contributed by atoms with Crippen LogP contribution >= 0.6 is 0 Å². The van der Waals surface area contributed by atoms with Crippen molar-refractivity contribution >= 4 is 17.5 Å². The summed E-state index contributed by atoms with van der Waals surface area (Å²) in [7, 11) is 0. The van der Waals surface area contributed by atoms with Crippen LogP contribution < -0.4 is 5.32 Å². The molecule has 1 aromatic carbocycles. The van der Waals surface area contributed by atoms with Gasteiger partial charge >= 0.3 is 0 Å². The van der Waals surface area contributed by atoms with E-state index < -0.39 is 0 Å². The van der Waals surface area contributed by atoms with E-state index in [0.29, 0.717) is 0 Å². The van der Waals surface area contributed by atoms with Crippen LogP contribution in [-0.2, 0) is 9.59 Å². The van der Waals surface area contributed by atoms with Crippen molar-refractivity contribution in [1.29, 1.82) is 0 Å². The molecule has 1 saturated carbocycles. The van der Waals surface area contributed by atoms with Gasteiger partial charge in [-0.2, -0.15) is 0 Å². The fourth-order valence-electron chi connectivity index (χ4n) is 3.67. The summed E-state index contributed by atoms with van der Waals surface area (Å²) in [6.07, 6.45) is 3.00. The fourth-order valence-corrected chi connectivity index (χ4v) is 3.67. The lowest BCUT2D eigenvalue weighted by Gasteiger charge is -2.37. The third-order valence-electron chi connectivity index (χ3n) is 5.20. The molecule has 1 atom stereocenters. The molecular weight excluding hydrogens is 290 g/mol. The zero-order chi connectivity index (χ0) is 15.8. The first-order chi connectivity index (χ1) is 11.2. The summed E-state index contributed by atoms with van der Waals surface area (Å²) >= 11 is 0. The summed E-state index contributed by atoms with van der Waals surface area (Å²) in [5.41, 5.74) is 1.74. The van der Waals surface area contributed by atoms with E-state index in [1.807, 2.05) is 29.2 Å². The number of para-hydroxylation sites is 1. The van der Waals surface area contributed by atoms with Crippen LogP contribution in [0.15, 0.2) is 24.3 Å². The normalized spacial score (nSPS) is 25.0. The van der Waals surface area contributed by atoms with Crippen LogP contribution in [0.25, 0.3) is 0 Å². The van der Waals surface area contributed by atoms with Gasteiger partial charge in [-0.25, -0.2) is 0 Å². The van der Waals surface area contributed by atoms with E-state index in [1.54, 1.807) is 0 Å². The van der Waals surface area contributed by atoms with Gasteiger partial charge in [0, 0.05) is 44.8 Å². The highest BCUT2D eigenvalue weighted by Crippen LogP contribution is 2.34. The Labute approximate surface area is 136 Å². The maximum atomic E-state index is 12.9. The molecule has 5 nitrogen and oxygen atoms in total. The third-order valence-corrected chi connectivity index (χ3v) is 5.20. The smallest absolute Gasteiger partial charge is 0.230 e. The molecule has 5 heteroatoms. The topological polar surface area (TPSA) is 52.7 Å². The van der Waals surface area contributed by atoms with Gasteiger partial charge in [0.2, 0.25) is 11.8 Å². The maximum absolute atomic E-state index is 12.9. The average Bonchev–Trinajstić information content (AvgIpc) is 3.38. The number of hydrogen-bond donors (Lipinski definition) is 1. The second-order valence-electron chi connectivity index (χ2n) is 6.96. The maximum Gasteiger partial charge on any atom is 0.230 e. The number of hydrogen-bond acceptors (Lipinski definition) is 3. The summed E-state index contributed by atoms with van der Waals surface area (Å²) in [6.45, 7) is 4.68. The summed E-state index contributed by atoms with van der Waals surface area (Å²) in [5, 5.41) is 2.87. The molecule has 2 amide bonds. The van der Waals surface area contributed by atoms with Crippen molar-refractivity contribution in [3.05, 3.63) is 29.8 Å². The van der Waals surface area contributed by atoms with Crippen LogP contribution in [0, 0.1) is 5.92 Å². The van der Waals surface area contributed by atoms with E-state index in [9.17, 15) is 9.59 Å². The quantitative estimate of drug-likeness (QED) is 0.923. The van der Waals surface area contributed by atoms with Crippen LogP contribution in [-0.4, -0.2) is 54.3 Å². The Kier molecular flexibility index (Phi) is 3.81. The first-order valence-electron chi connectivity index (χ1n) is 8.60. The van der Waals surface area contributed by atoms with Crippen molar-refractivity contribution in [2.24, 2.45) is 5.92 Å². The Morgan fingerprint density at radius 2 is 1.87 bits per heavy atom. The largest absolute Gasteiger partial charge is 0.340 e. The number of fused-ring (bicyclic) bond motifs is 1. The highest BCUT2D eigenvalue weighted by atomic mass is 16.2. The molecule has 1 aromatic rings. The minimum atomic E-state index is -0.324. The van der Waals surface area contributed by atoms with Crippen molar-refractivity contribution in [3.63, 3.8) is 0 Å². The lowest BCUT2D eigenvalue weighted by molar-refractivity contribution is -0.136. The van der Waals surface area contributed by atoms with Gasteiger partial charge in [0.1, 0.15) is 0 Å². The van der Waals surface area contributed by atoms with Gasteiger partial charge < -0.3 is 10.2 Å². The zero-order valence-corrected chi connectivity index (χ0v) is 13.3. The Balaban J connectivity index is 1.44. The number of anilines is 1. The highest BCUT2D eigenvalue weighted by Gasteiger charge is 2.35. The van der Waals surface area contributed by atoms with Crippen molar-refractivity contribution in [3.8, 4) is 0 Å². The van der Waals surface area contributed by atoms with Crippen LogP contribution in [0.3, 0.4) is 0 Å². The molecular formula is C18H23N3O2. The number of nitrogens with zero attached hydrogens (tertiary/aromatic N) is 2. The lowest BCUT2D eigenvalue weighted by Crippen LogP contribution is -2.51. The Hall–Kier alpha value is -1.88. The van der Waals surface area contributed by atoms with E-state index >= 15 is 0 Å². The molecule has 0 spiro atoms. The Morgan fingerprint density at radius 3 is 2.61 bits per heavy atom. The second kappa shape index (κ2) is 5.96. The van der Waals surface area contributed by atoms with Crippen LogP contribution in [0.2, 0.25) is 0 Å². The number of piperazine rings is 1. The van der Waals surface area contributed by atoms with Crippen molar-refractivity contribution in [1.82, 2.24) is 9.80 Å². The van der Waals surface area contributed by atoms with Crippen LogP contribution in [0.1, 0.15) is 30.7 Å². The van der Waals surface area contributed by atoms with Crippen molar-refractivity contribution < 1.29 is 9.59 Å². The van der Waals surface area contributed by atoms with E-state index in [2.05, 4.69) is 10.2 Å². The fraction of sp³-hybridized carbons (Fsp3) is 0.556. The number of carbonyl (C=O) groups excluding carboxylic acids is 2. The van der Waals surface area contributed by atoms with Gasteiger partial charge in [0.25, 0.3) is 0 Å². The van der Waals surface area contributed by atoms with E-state index in [1.165, 1.54) is 19.4 Å². The van der Waals surface area contributed by atoms with Gasteiger partial charge in [-0.1, -0.05) is 18.2 Å². The first kappa shape index (κ1) is 14.7. The molecule has 0 aromatic heterocycles.